The van der Waals surface area contributed by atoms with Gasteiger partial charge in [-0.1, -0.05) is 54.4 Å². The molecule has 7 nitrogen and oxygen atoms in total. The first-order valence-electron chi connectivity index (χ1n) is 11.4. The normalized spacial score (nSPS) is 12.0. The van der Waals surface area contributed by atoms with E-state index in [0.717, 1.165) is 21.0 Å². The van der Waals surface area contributed by atoms with E-state index in [1.807, 2.05) is 45.0 Å². The zero-order valence-electron chi connectivity index (χ0n) is 20.7. The number of hydrogen-bond donors (Lipinski definition) is 1. The van der Waals surface area contributed by atoms with Crippen molar-refractivity contribution < 1.29 is 22.7 Å². The third-order valence-electron chi connectivity index (χ3n) is 5.77. The third-order valence-corrected chi connectivity index (χ3v) is 7.55. The first-order valence-corrected chi connectivity index (χ1v) is 12.8. The van der Waals surface area contributed by atoms with Crippen molar-refractivity contribution in [2.75, 3.05) is 25.1 Å². The summed E-state index contributed by atoms with van der Waals surface area (Å²) in [5.74, 6) is 0.314. The molecule has 1 atom stereocenters. The second-order valence-electron chi connectivity index (χ2n) is 8.30. The maximum absolute atomic E-state index is 13.8. The average Bonchev–Trinajstić information content (AvgIpc) is 2.86. The standard InChI is InChI=1S/C27H32N2O5S/c1-6-24(21-11-7-19(2)8-12-21)28-27(30)18-29(25-17-22(33-4)13-16-26(25)34-5)35(31,32)23-14-9-20(3)10-15-23/h7-17,24H,6,18H2,1-5H3,(H,28,30). The maximum Gasteiger partial charge on any atom is 0.264 e. The number of nitrogens with zero attached hydrogens (tertiary/aromatic N) is 1. The molecular formula is C27H32N2O5S. The van der Waals surface area contributed by atoms with E-state index in [0.29, 0.717) is 17.9 Å². The van der Waals surface area contributed by atoms with Crippen molar-refractivity contribution >= 4 is 21.6 Å². The second-order valence-corrected chi connectivity index (χ2v) is 10.2. The molecule has 1 amide bonds. The predicted molar refractivity (Wildman–Crippen MR) is 138 cm³/mol. The van der Waals surface area contributed by atoms with Crippen LogP contribution in [0.25, 0.3) is 0 Å². The van der Waals surface area contributed by atoms with Gasteiger partial charge < -0.3 is 14.8 Å². The second kappa shape index (κ2) is 11.3. The lowest BCUT2D eigenvalue weighted by Gasteiger charge is -2.27. The number of amides is 1. The minimum absolute atomic E-state index is 0.0753. The molecule has 0 spiro atoms. The van der Waals surface area contributed by atoms with E-state index >= 15 is 0 Å². The Labute approximate surface area is 207 Å². The van der Waals surface area contributed by atoms with Gasteiger partial charge in [-0.15, -0.1) is 0 Å². The topological polar surface area (TPSA) is 84.9 Å². The lowest BCUT2D eigenvalue weighted by atomic mass is 10.0. The molecule has 0 bridgehead atoms. The van der Waals surface area contributed by atoms with Crippen LogP contribution in [0.5, 0.6) is 11.5 Å². The molecule has 3 rings (SSSR count). The lowest BCUT2D eigenvalue weighted by Crippen LogP contribution is -2.42. The number of hydrogen-bond acceptors (Lipinski definition) is 5. The Hall–Kier alpha value is -3.52. The molecule has 1 unspecified atom stereocenters. The van der Waals surface area contributed by atoms with Crippen molar-refractivity contribution in [2.24, 2.45) is 0 Å². The molecule has 0 aliphatic rings. The first-order chi connectivity index (χ1) is 16.7. The molecule has 0 aliphatic carbocycles. The third kappa shape index (κ3) is 6.14. The Morgan fingerprint density at radius 2 is 1.51 bits per heavy atom. The van der Waals surface area contributed by atoms with Gasteiger partial charge in [0.2, 0.25) is 5.91 Å². The molecule has 3 aromatic rings. The minimum Gasteiger partial charge on any atom is -0.497 e. The van der Waals surface area contributed by atoms with Crippen LogP contribution in [0.1, 0.15) is 36.1 Å². The van der Waals surface area contributed by atoms with Gasteiger partial charge in [0.05, 0.1) is 30.8 Å². The summed E-state index contributed by atoms with van der Waals surface area (Å²) < 4.78 is 39.3. The van der Waals surface area contributed by atoms with Crippen LogP contribution in [0, 0.1) is 13.8 Å². The van der Waals surface area contributed by atoms with Gasteiger partial charge in [-0.2, -0.15) is 0 Å². The highest BCUT2D eigenvalue weighted by Crippen LogP contribution is 2.35. The van der Waals surface area contributed by atoms with E-state index in [2.05, 4.69) is 5.32 Å². The number of rotatable bonds is 10. The van der Waals surface area contributed by atoms with E-state index in [-0.39, 0.29) is 16.6 Å². The van der Waals surface area contributed by atoms with E-state index < -0.39 is 22.5 Å². The number of anilines is 1. The average molecular weight is 497 g/mol. The minimum atomic E-state index is -4.10. The highest BCUT2D eigenvalue weighted by atomic mass is 32.2. The summed E-state index contributed by atoms with van der Waals surface area (Å²) in [5.41, 5.74) is 3.22. The van der Waals surface area contributed by atoms with Crippen LogP contribution in [0.3, 0.4) is 0 Å². The van der Waals surface area contributed by atoms with Crippen molar-refractivity contribution in [3.63, 3.8) is 0 Å². The van der Waals surface area contributed by atoms with Crippen LogP contribution in [-0.4, -0.2) is 35.1 Å². The van der Waals surface area contributed by atoms with Crippen LogP contribution >= 0.6 is 0 Å². The first kappa shape index (κ1) is 26.1. The fourth-order valence-corrected chi connectivity index (χ4v) is 5.14. The molecule has 0 aromatic heterocycles. The maximum atomic E-state index is 13.8. The Balaban J connectivity index is 2.01. The van der Waals surface area contributed by atoms with Gasteiger partial charge in [0.15, 0.2) is 0 Å². The molecular weight excluding hydrogens is 464 g/mol. The van der Waals surface area contributed by atoms with Crippen molar-refractivity contribution in [1.82, 2.24) is 5.32 Å². The molecule has 8 heteroatoms. The van der Waals surface area contributed by atoms with Gasteiger partial charge in [0.25, 0.3) is 10.0 Å². The molecule has 0 saturated carbocycles. The Kier molecular flexibility index (Phi) is 8.40. The fraction of sp³-hybridized carbons (Fsp3) is 0.296. The van der Waals surface area contributed by atoms with Gasteiger partial charge >= 0.3 is 0 Å². The SMILES string of the molecule is CCC(NC(=O)CN(c1cc(OC)ccc1OC)S(=O)(=O)c1ccc(C)cc1)c1ccc(C)cc1. The van der Waals surface area contributed by atoms with Crippen LogP contribution in [0.15, 0.2) is 71.6 Å². The van der Waals surface area contributed by atoms with Gasteiger partial charge in [-0.25, -0.2) is 8.42 Å². The molecule has 0 heterocycles. The number of nitrogens with one attached hydrogen (secondary N) is 1. The summed E-state index contributed by atoms with van der Waals surface area (Å²) in [6.45, 7) is 5.42. The quantitative estimate of drug-likeness (QED) is 0.437. The number of carbonyl (C=O) groups excluding carboxylic acids is 1. The van der Waals surface area contributed by atoms with Crippen LogP contribution < -0.4 is 19.1 Å². The van der Waals surface area contributed by atoms with Crippen molar-refractivity contribution in [1.29, 1.82) is 0 Å². The molecule has 35 heavy (non-hydrogen) atoms. The number of carbonyl (C=O) groups is 1. The summed E-state index contributed by atoms with van der Waals surface area (Å²) in [5, 5.41) is 2.98. The number of aryl methyl sites for hydroxylation is 2. The molecule has 0 aliphatic heterocycles. The van der Waals surface area contributed by atoms with Crippen molar-refractivity contribution in [2.45, 2.75) is 38.1 Å². The molecule has 0 saturated heterocycles. The number of benzene rings is 3. The Morgan fingerprint density at radius 3 is 2.06 bits per heavy atom. The van der Waals surface area contributed by atoms with Crippen LogP contribution in [-0.2, 0) is 14.8 Å². The van der Waals surface area contributed by atoms with Gasteiger partial charge in [0.1, 0.15) is 18.0 Å². The van der Waals surface area contributed by atoms with Gasteiger partial charge in [-0.3, -0.25) is 9.10 Å². The zero-order valence-corrected chi connectivity index (χ0v) is 21.6. The molecule has 186 valence electrons. The zero-order chi connectivity index (χ0) is 25.6. The summed E-state index contributed by atoms with van der Waals surface area (Å²) in [7, 11) is -1.16. The smallest absolute Gasteiger partial charge is 0.264 e. The summed E-state index contributed by atoms with van der Waals surface area (Å²) in [6, 6.07) is 19.0. The number of methoxy groups -OCH3 is 2. The van der Waals surface area contributed by atoms with Gasteiger partial charge in [0, 0.05) is 6.07 Å². The lowest BCUT2D eigenvalue weighted by molar-refractivity contribution is -0.120. The summed E-state index contributed by atoms with van der Waals surface area (Å²) >= 11 is 0. The molecule has 0 radical (unpaired) electrons. The van der Waals surface area contributed by atoms with Gasteiger partial charge in [-0.05, 0) is 50.1 Å². The van der Waals surface area contributed by atoms with E-state index in [4.69, 9.17) is 9.47 Å². The largest absolute Gasteiger partial charge is 0.497 e. The number of ether oxygens (including phenoxy) is 2. The van der Waals surface area contributed by atoms with E-state index in [1.165, 1.54) is 26.4 Å². The van der Waals surface area contributed by atoms with Crippen LogP contribution in [0.2, 0.25) is 0 Å². The monoisotopic (exact) mass is 496 g/mol. The highest BCUT2D eigenvalue weighted by molar-refractivity contribution is 7.92. The van der Waals surface area contributed by atoms with E-state index in [1.54, 1.807) is 30.3 Å². The van der Waals surface area contributed by atoms with Crippen molar-refractivity contribution in [3.05, 3.63) is 83.4 Å². The number of sulfonamides is 1. The summed E-state index contributed by atoms with van der Waals surface area (Å²) in [4.78, 5) is 13.3. The van der Waals surface area contributed by atoms with E-state index in [9.17, 15) is 13.2 Å². The highest BCUT2D eigenvalue weighted by Gasteiger charge is 2.30. The summed E-state index contributed by atoms with van der Waals surface area (Å²) in [6.07, 6.45) is 0.655. The molecule has 1 N–H and O–H groups in total. The fourth-order valence-electron chi connectivity index (χ4n) is 3.72. The Morgan fingerprint density at radius 1 is 0.914 bits per heavy atom. The van der Waals surface area contributed by atoms with Crippen molar-refractivity contribution in [3.8, 4) is 11.5 Å². The molecule has 3 aromatic carbocycles. The Bertz CT molecular complexity index is 1260. The predicted octanol–water partition coefficient (Wildman–Crippen LogP) is 4.78. The van der Waals surface area contributed by atoms with Crippen LogP contribution in [0.4, 0.5) is 5.69 Å². The molecule has 0 fully saturated rings.